The minimum Gasteiger partial charge on any atom is -0.456 e. The van der Waals surface area contributed by atoms with Gasteiger partial charge in [-0.05, 0) is 73.8 Å². The highest BCUT2D eigenvalue weighted by Gasteiger charge is 2.26. The van der Waals surface area contributed by atoms with E-state index in [1.165, 1.54) is 32.3 Å². The smallest absolute Gasteiger partial charge is 0.159 e. The molecule has 0 saturated heterocycles. The minimum absolute atomic E-state index is 0.427. The fourth-order valence-electron chi connectivity index (χ4n) is 7.36. The van der Waals surface area contributed by atoms with Gasteiger partial charge in [0, 0.05) is 27.5 Å². The number of para-hydroxylation sites is 1. The summed E-state index contributed by atoms with van der Waals surface area (Å²) in [5.41, 5.74) is 6.94. The monoisotopic (exact) mass is 627 g/mol. The van der Waals surface area contributed by atoms with Crippen molar-refractivity contribution in [3.8, 4) is 11.1 Å². The largest absolute Gasteiger partial charge is 0.456 e. The third kappa shape index (κ3) is 4.61. The van der Waals surface area contributed by atoms with Crippen molar-refractivity contribution < 1.29 is 4.42 Å². The van der Waals surface area contributed by atoms with Crippen LogP contribution in [0.2, 0.25) is 0 Å². The Morgan fingerprint density at radius 3 is 2.02 bits per heavy atom. The zero-order valence-corrected chi connectivity index (χ0v) is 26.5. The SMILES string of the molecule is c1ccc(C2=NC(c3cc(-c4cc5ccccc5c5ccccc45)cc4oc5ccccc5c34)NC(c3ccc4ccccc4c3)=N2)cc1. The molecule has 0 fully saturated rings. The number of rotatable bonds is 4. The van der Waals surface area contributed by atoms with Crippen LogP contribution in [0.1, 0.15) is 22.9 Å². The average Bonchev–Trinajstić information content (AvgIpc) is 3.56. The standard InChI is InChI=1S/C45H29N3O/c1-2-13-29(14-3-1)43-46-44(32-23-22-28-12-4-5-15-30(28)24-32)48-45(47-43)39-26-33(27-41-42(39)37-20-10-11-21-40(37)49-41)38-25-31-16-6-7-17-34(31)35-18-8-9-19-36(35)38/h1-27,45H,(H,46,47,48). The number of amidine groups is 2. The molecule has 0 bridgehead atoms. The number of nitrogens with one attached hydrogen (secondary N) is 1. The van der Waals surface area contributed by atoms with Crippen LogP contribution in [0.4, 0.5) is 0 Å². The molecule has 1 aliphatic rings. The molecular formula is C45H29N3O. The molecule has 1 N–H and O–H groups in total. The highest BCUT2D eigenvalue weighted by Crippen LogP contribution is 2.42. The quantitative estimate of drug-likeness (QED) is 0.197. The molecular weight excluding hydrogens is 599 g/mol. The summed E-state index contributed by atoms with van der Waals surface area (Å²) >= 11 is 0. The van der Waals surface area contributed by atoms with E-state index in [0.29, 0.717) is 5.84 Å². The van der Waals surface area contributed by atoms with Crippen LogP contribution in [0.3, 0.4) is 0 Å². The summed E-state index contributed by atoms with van der Waals surface area (Å²) in [6.07, 6.45) is -0.427. The van der Waals surface area contributed by atoms with Gasteiger partial charge < -0.3 is 9.73 Å². The van der Waals surface area contributed by atoms with Gasteiger partial charge in [0.2, 0.25) is 0 Å². The Kier molecular flexibility index (Phi) is 6.21. The lowest BCUT2D eigenvalue weighted by Crippen LogP contribution is -2.33. The molecule has 8 aromatic carbocycles. The number of hydrogen-bond acceptors (Lipinski definition) is 4. The predicted molar refractivity (Wildman–Crippen MR) is 204 cm³/mol. The molecule has 0 aliphatic carbocycles. The second-order valence-electron chi connectivity index (χ2n) is 12.6. The Balaban J connectivity index is 1.23. The van der Waals surface area contributed by atoms with Crippen LogP contribution in [-0.4, -0.2) is 11.7 Å². The van der Waals surface area contributed by atoms with Crippen molar-refractivity contribution in [2.24, 2.45) is 9.98 Å². The molecule has 49 heavy (non-hydrogen) atoms. The van der Waals surface area contributed by atoms with E-state index in [-0.39, 0.29) is 0 Å². The van der Waals surface area contributed by atoms with Crippen LogP contribution in [0.15, 0.2) is 178 Å². The van der Waals surface area contributed by atoms with E-state index >= 15 is 0 Å². The summed E-state index contributed by atoms with van der Waals surface area (Å²) in [6.45, 7) is 0. The van der Waals surface area contributed by atoms with Gasteiger partial charge in [0.15, 0.2) is 5.84 Å². The highest BCUT2D eigenvalue weighted by atomic mass is 16.3. The maximum Gasteiger partial charge on any atom is 0.159 e. The summed E-state index contributed by atoms with van der Waals surface area (Å²) in [4.78, 5) is 10.4. The van der Waals surface area contributed by atoms with Crippen molar-refractivity contribution in [3.63, 3.8) is 0 Å². The summed E-state index contributed by atoms with van der Waals surface area (Å²) in [5, 5.41) is 13.1. The Bertz CT molecular complexity index is 2810. The molecule has 1 atom stereocenters. The van der Waals surface area contributed by atoms with E-state index in [0.717, 1.165) is 55.6 Å². The number of benzene rings is 8. The van der Waals surface area contributed by atoms with Crippen molar-refractivity contribution in [2.45, 2.75) is 6.17 Å². The summed E-state index contributed by atoms with van der Waals surface area (Å²) in [7, 11) is 0. The van der Waals surface area contributed by atoms with Crippen LogP contribution in [0, 0.1) is 0 Å². The molecule has 10 rings (SSSR count). The molecule has 0 amide bonds. The van der Waals surface area contributed by atoms with Gasteiger partial charge in [-0.1, -0.05) is 133 Å². The number of aliphatic imine (C=N–C) groups is 2. The first-order valence-electron chi connectivity index (χ1n) is 16.6. The fourth-order valence-corrected chi connectivity index (χ4v) is 7.36. The first-order chi connectivity index (χ1) is 24.3. The Morgan fingerprint density at radius 1 is 0.469 bits per heavy atom. The van der Waals surface area contributed by atoms with Crippen LogP contribution >= 0.6 is 0 Å². The van der Waals surface area contributed by atoms with E-state index in [9.17, 15) is 0 Å². The molecule has 230 valence electrons. The lowest BCUT2D eigenvalue weighted by Gasteiger charge is -2.25. The molecule has 0 spiro atoms. The molecule has 4 heteroatoms. The molecule has 1 aromatic heterocycles. The number of hydrogen-bond donors (Lipinski definition) is 1. The molecule has 0 saturated carbocycles. The van der Waals surface area contributed by atoms with E-state index < -0.39 is 6.17 Å². The number of nitrogens with zero attached hydrogens (tertiary/aromatic N) is 2. The number of fused-ring (bicyclic) bond motifs is 7. The lowest BCUT2D eigenvalue weighted by molar-refractivity contribution is 0.662. The second-order valence-corrected chi connectivity index (χ2v) is 12.6. The van der Waals surface area contributed by atoms with Crippen molar-refractivity contribution in [1.29, 1.82) is 0 Å². The second kappa shape index (κ2) is 11.0. The van der Waals surface area contributed by atoms with Gasteiger partial charge in [-0.15, -0.1) is 0 Å². The molecule has 4 nitrogen and oxygen atoms in total. The highest BCUT2D eigenvalue weighted by molar-refractivity contribution is 6.17. The Hall–Kier alpha value is -6.52. The van der Waals surface area contributed by atoms with Gasteiger partial charge in [0.1, 0.15) is 23.2 Å². The zero-order chi connectivity index (χ0) is 32.3. The van der Waals surface area contributed by atoms with Gasteiger partial charge in [-0.25, -0.2) is 9.98 Å². The molecule has 1 unspecified atom stereocenters. The van der Waals surface area contributed by atoms with Crippen molar-refractivity contribution in [2.75, 3.05) is 0 Å². The molecule has 9 aromatic rings. The van der Waals surface area contributed by atoms with Crippen LogP contribution in [-0.2, 0) is 0 Å². The summed E-state index contributed by atoms with van der Waals surface area (Å²) < 4.78 is 6.61. The van der Waals surface area contributed by atoms with E-state index in [2.05, 4.69) is 139 Å². The average molecular weight is 628 g/mol. The molecule has 0 radical (unpaired) electrons. The van der Waals surface area contributed by atoms with Crippen LogP contribution in [0.5, 0.6) is 0 Å². The van der Waals surface area contributed by atoms with E-state index in [4.69, 9.17) is 14.4 Å². The van der Waals surface area contributed by atoms with Crippen LogP contribution < -0.4 is 5.32 Å². The first-order valence-corrected chi connectivity index (χ1v) is 16.6. The minimum atomic E-state index is -0.427. The van der Waals surface area contributed by atoms with Crippen molar-refractivity contribution in [1.82, 2.24) is 5.32 Å². The number of furan rings is 1. The molecule has 1 aliphatic heterocycles. The van der Waals surface area contributed by atoms with Gasteiger partial charge in [-0.2, -0.15) is 0 Å². The normalized spacial score (nSPS) is 14.7. The maximum atomic E-state index is 6.61. The topological polar surface area (TPSA) is 49.9 Å². The third-order valence-electron chi connectivity index (χ3n) is 9.68. The van der Waals surface area contributed by atoms with Gasteiger partial charge >= 0.3 is 0 Å². The fraction of sp³-hybridized carbons (Fsp3) is 0.0222. The third-order valence-corrected chi connectivity index (χ3v) is 9.68. The predicted octanol–water partition coefficient (Wildman–Crippen LogP) is 11.2. The van der Waals surface area contributed by atoms with Crippen molar-refractivity contribution >= 4 is 65.9 Å². The Morgan fingerprint density at radius 2 is 1.16 bits per heavy atom. The van der Waals surface area contributed by atoms with E-state index in [1.54, 1.807) is 0 Å². The first kappa shape index (κ1) is 27.6. The summed E-state index contributed by atoms with van der Waals surface area (Å²) in [5.74, 6) is 1.47. The van der Waals surface area contributed by atoms with Crippen LogP contribution in [0.25, 0.3) is 65.4 Å². The Labute approximate surface area is 282 Å². The van der Waals surface area contributed by atoms with Gasteiger partial charge in [0.25, 0.3) is 0 Å². The summed E-state index contributed by atoms with van der Waals surface area (Å²) in [6, 6.07) is 57.5. The zero-order valence-electron chi connectivity index (χ0n) is 26.5. The van der Waals surface area contributed by atoms with E-state index in [1.807, 2.05) is 30.3 Å². The lowest BCUT2D eigenvalue weighted by atomic mass is 9.91. The van der Waals surface area contributed by atoms with Crippen molar-refractivity contribution in [3.05, 3.63) is 180 Å². The maximum absolute atomic E-state index is 6.61. The molecule has 2 heterocycles. The van der Waals surface area contributed by atoms with Gasteiger partial charge in [0.05, 0.1) is 0 Å². The van der Waals surface area contributed by atoms with Gasteiger partial charge in [-0.3, -0.25) is 0 Å².